The fourth-order valence-corrected chi connectivity index (χ4v) is 4.98. The van der Waals surface area contributed by atoms with Crippen LogP contribution in [0.4, 0.5) is 4.79 Å². The summed E-state index contributed by atoms with van der Waals surface area (Å²) in [5.41, 5.74) is 1.45. The number of aromatic nitrogens is 2. The average molecular weight is 506 g/mol. The molecule has 1 aromatic heterocycles. The molecule has 0 saturated carbocycles. The molecule has 2 saturated heterocycles. The predicted molar refractivity (Wildman–Crippen MR) is 128 cm³/mol. The molecule has 35 heavy (non-hydrogen) atoms. The van der Waals surface area contributed by atoms with Gasteiger partial charge in [-0.05, 0) is 30.0 Å². The van der Waals surface area contributed by atoms with Crippen LogP contribution in [-0.4, -0.2) is 62.2 Å². The van der Waals surface area contributed by atoms with E-state index >= 15 is 0 Å². The summed E-state index contributed by atoms with van der Waals surface area (Å²) in [6.45, 7) is 9.04. The highest BCUT2D eigenvalue weighted by Gasteiger charge is 2.39. The molecule has 0 spiro atoms. The number of carboxylic acid groups (broad SMARTS) is 1. The first-order valence-corrected chi connectivity index (χ1v) is 12.6. The van der Waals surface area contributed by atoms with Crippen molar-refractivity contribution in [3.8, 4) is 17.5 Å². The summed E-state index contributed by atoms with van der Waals surface area (Å²) in [5, 5.41) is 9.59. The number of piperidine rings is 1. The smallest absolute Gasteiger partial charge is 0.407 e. The summed E-state index contributed by atoms with van der Waals surface area (Å²) in [5.74, 6) is 1.42. The van der Waals surface area contributed by atoms with Crippen molar-refractivity contribution in [2.45, 2.75) is 58.6 Å². The molecule has 2 aromatic rings. The van der Waals surface area contributed by atoms with Gasteiger partial charge in [-0.15, -0.1) is 0 Å². The maximum atomic E-state index is 11.7. The quantitative estimate of drug-likeness (QED) is 0.636. The van der Waals surface area contributed by atoms with Gasteiger partial charge in [0.05, 0.1) is 18.8 Å². The molecule has 0 unspecified atom stereocenters. The molecular weight excluding hydrogens is 474 g/mol. The highest BCUT2D eigenvalue weighted by molar-refractivity contribution is 7.75. The Morgan fingerprint density at radius 2 is 1.80 bits per heavy atom. The van der Waals surface area contributed by atoms with E-state index in [4.69, 9.17) is 17.8 Å². The number of rotatable bonds is 5. The molecular formula is C24H31N3O7S. The third kappa shape index (κ3) is 6.09. The molecule has 4 rings (SSSR count). The Kier molecular flexibility index (Phi) is 7.58. The topological polar surface area (TPSA) is 120 Å². The van der Waals surface area contributed by atoms with E-state index in [0.717, 1.165) is 5.56 Å². The summed E-state index contributed by atoms with van der Waals surface area (Å²) in [4.78, 5) is 21.8. The van der Waals surface area contributed by atoms with Crippen LogP contribution in [0.2, 0.25) is 0 Å². The van der Waals surface area contributed by atoms with E-state index in [-0.39, 0.29) is 23.5 Å². The number of likely N-dealkylation sites (tertiary alicyclic amines) is 1. The number of nitrogens with zero attached hydrogens (tertiary/aromatic N) is 3. The van der Waals surface area contributed by atoms with Gasteiger partial charge in [0.25, 0.3) is 0 Å². The standard InChI is InChI=1S/C24H31N3O7S/c1-15-21(33-18-7-5-16(6-8-18)17-12-31-35(30)32-13-17)25-14-26-22(15)34-19-9-10-27(23(28)29)20(11-19)24(2,3)4/h5-8,14,17,19-20H,9-13H2,1-4H3,(H,28,29)/t17?,19-,20-,35?/m0/s1. The molecule has 0 radical (unpaired) electrons. The van der Waals surface area contributed by atoms with E-state index in [9.17, 15) is 14.1 Å². The van der Waals surface area contributed by atoms with Crippen molar-refractivity contribution in [1.29, 1.82) is 0 Å². The Bertz CT molecular complexity index is 1060. The third-order valence-corrected chi connectivity index (χ3v) is 7.02. The first kappa shape index (κ1) is 25.3. The maximum Gasteiger partial charge on any atom is 0.407 e. The van der Waals surface area contributed by atoms with E-state index in [2.05, 4.69) is 9.97 Å². The number of carbonyl (C=O) groups is 1. The van der Waals surface area contributed by atoms with Gasteiger partial charge in [-0.3, -0.25) is 8.37 Å². The van der Waals surface area contributed by atoms with Crippen LogP contribution < -0.4 is 9.47 Å². The van der Waals surface area contributed by atoms with E-state index in [1.165, 1.54) is 11.2 Å². The minimum absolute atomic E-state index is 0.00649. The molecule has 2 fully saturated rings. The first-order valence-electron chi connectivity index (χ1n) is 11.6. The van der Waals surface area contributed by atoms with Crippen molar-refractivity contribution in [3.63, 3.8) is 0 Å². The fourth-order valence-electron chi connectivity index (χ4n) is 4.36. The van der Waals surface area contributed by atoms with Crippen LogP contribution in [0.3, 0.4) is 0 Å². The van der Waals surface area contributed by atoms with Gasteiger partial charge < -0.3 is 19.5 Å². The normalized spacial score (nSPS) is 25.2. The molecule has 2 aliphatic rings. The third-order valence-electron chi connectivity index (χ3n) is 6.37. The van der Waals surface area contributed by atoms with Crippen LogP contribution in [-0.2, 0) is 19.7 Å². The molecule has 1 N–H and O–H groups in total. The Hall–Kier alpha value is -2.76. The average Bonchev–Trinajstić information content (AvgIpc) is 2.82. The fraction of sp³-hybridized carbons (Fsp3) is 0.542. The number of hydrogen-bond donors (Lipinski definition) is 1. The lowest BCUT2D eigenvalue weighted by Crippen LogP contribution is -2.53. The molecule has 11 heteroatoms. The lowest BCUT2D eigenvalue weighted by Gasteiger charge is -2.44. The number of amides is 1. The maximum absolute atomic E-state index is 11.7. The van der Waals surface area contributed by atoms with Gasteiger partial charge >= 0.3 is 17.5 Å². The van der Waals surface area contributed by atoms with Crippen LogP contribution in [0.25, 0.3) is 0 Å². The molecule has 2 atom stereocenters. The molecule has 1 amide bonds. The summed E-state index contributed by atoms with van der Waals surface area (Å²) in [6.07, 6.45) is 1.50. The molecule has 190 valence electrons. The molecule has 0 aliphatic carbocycles. The second kappa shape index (κ2) is 10.5. The van der Waals surface area contributed by atoms with Crippen molar-refractivity contribution >= 4 is 17.5 Å². The van der Waals surface area contributed by atoms with Crippen LogP contribution in [0.1, 0.15) is 50.7 Å². The van der Waals surface area contributed by atoms with Gasteiger partial charge in [-0.1, -0.05) is 32.9 Å². The molecule has 0 bridgehead atoms. The van der Waals surface area contributed by atoms with E-state index in [1.807, 2.05) is 52.0 Å². The van der Waals surface area contributed by atoms with Crippen molar-refractivity contribution in [1.82, 2.24) is 14.9 Å². The Morgan fingerprint density at radius 3 is 2.43 bits per heavy atom. The highest BCUT2D eigenvalue weighted by Crippen LogP contribution is 2.35. The second-order valence-electron chi connectivity index (χ2n) is 9.87. The van der Waals surface area contributed by atoms with Crippen LogP contribution in [0, 0.1) is 12.3 Å². The lowest BCUT2D eigenvalue weighted by atomic mass is 9.80. The summed E-state index contributed by atoms with van der Waals surface area (Å²) >= 11 is -1.66. The van der Waals surface area contributed by atoms with Gasteiger partial charge in [0.15, 0.2) is 0 Å². The van der Waals surface area contributed by atoms with Crippen LogP contribution in [0.5, 0.6) is 17.5 Å². The van der Waals surface area contributed by atoms with E-state index in [1.54, 1.807) is 0 Å². The number of hydrogen-bond acceptors (Lipinski definition) is 8. The van der Waals surface area contributed by atoms with Gasteiger partial charge in [-0.2, -0.15) is 4.21 Å². The van der Waals surface area contributed by atoms with Crippen molar-refractivity contribution in [2.24, 2.45) is 5.41 Å². The van der Waals surface area contributed by atoms with Gasteiger partial charge in [0.1, 0.15) is 18.2 Å². The molecule has 10 nitrogen and oxygen atoms in total. The SMILES string of the molecule is Cc1c(Oc2ccc(C3COS(=O)OC3)cc2)ncnc1O[C@H]1CCN(C(=O)O)[C@H](C(C)(C)C)C1. The lowest BCUT2D eigenvalue weighted by molar-refractivity contribution is 0.0113. The number of ether oxygens (including phenoxy) is 2. The molecule has 3 heterocycles. The minimum Gasteiger partial charge on any atom is -0.474 e. The zero-order chi connectivity index (χ0) is 25.2. The predicted octanol–water partition coefficient (Wildman–Crippen LogP) is 4.22. The summed E-state index contributed by atoms with van der Waals surface area (Å²) in [7, 11) is 0. The van der Waals surface area contributed by atoms with Crippen molar-refractivity contribution in [2.75, 3.05) is 19.8 Å². The second-order valence-corrected chi connectivity index (χ2v) is 10.8. The zero-order valence-electron chi connectivity index (χ0n) is 20.3. The van der Waals surface area contributed by atoms with Gasteiger partial charge in [0, 0.05) is 31.3 Å². The first-order chi connectivity index (χ1) is 16.6. The van der Waals surface area contributed by atoms with Crippen LogP contribution in [0.15, 0.2) is 30.6 Å². The minimum atomic E-state index is -1.66. The largest absolute Gasteiger partial charge is 0.474 e. The number of benzene rings is 1. The van der Waals surface area contributed by atoms with Crippen LogP contribution >= 0.6 is 0 Å². The van der Waals surface area contributed by atoms with Crippen molar-refractivity contribution < 1.29 is 31.9 Å². The monoisotopic (exact) mass is 505 g/mol. The molecule has 1 aromatic carbocycles. The highest BCUT2D eigenvalue weighted by atomic mass is 32.2. The van der Waals surface area contributed by atoms with Gasteiger partial charge in [0.2, 0.25) is 11.8 Å². The Balaban J connectivity index is 1.42. The summed E-state index contributed by atoms with van der Waals surface area (Å²) < 4.78 is 33.5. The summed E-state index contributed by atoms with van der Waals surface area (Å²) in [6, 6.07) is 7.34. The zero-order valence-corrected chi connectivity index (χ0v) is 21.1. The molecule has 2 aliphatic heterocycles. The Morgan fingerprint density at radius 1 is 1.14 bits per heavy atom. The van der Waals surface area contributed by atoms with Gasteiger partial charge in [-0.25, -0.2) is 14.8 Å². The van der Waals surface area contributed by atoms with Crippen molar-refractivity contribution in [3.05, 3.63) is 41.7 Å². The van der Waals surface area contributed by atoms with E-state index < -0.39 is 17.5 Å². The van der Waals surface area contributed by atoms with E-state index in [0.29, 0.717) is 55.7 Å². The Labute approximate surface area is 207 Å².